The van der Waals surface area contributed by atoms with E-state index in [0.29, 0.717) is 31.2 Å². The second-order valence-electron chi connectivity index (χ2n) is 5.76. The molecule has 2 bridgehead atoms. The van der Waals surface area contributed by atoms with Crippen LogP contribution in [0, 0.1) is 18.7 Å². The Bertz CT molecular complexity index is 651. The van der Waals surface area contributed by atoms with E-state index in [1.807, 2.05) is 0 Å². The SMILES string of the molecule is Cc1cc(F)cnc1C(=O)C1CC2CCC(C1)S2(=O)=O. The van der Waals surface area contributed by atoms with Crippen molar-refractivity contribution >= 4 is 15.6 Å². The van der Waals surface area contributed by atoms with Gasteiger partial charge in [-0.2, -0.15) is 0 Å². The average molecular weight is 297 g/mol. The van der Waals surface area contributed by atoms with E-state index in [9.17, 15) is 17.6 Å². The van der Waals surface area contributed by atoms with Crippen molar-refractivity contribution in [2.75, 3.05) is 0 Å². The van der Waals surface area contributed by atoms with Crippen LogP contribution in [-0.4, -0.2) is 29.7 Å². The zero-order valence-corrected chi connectivity index (χ0v) is 12.0. The molecule has 0 amide bonds. The number of hydrogen-bond acceptors (Lipinski definition) is 4. The van der Waals surface area contributed by atoms with Crippen molar-refractivity contribution in [1.29, 1.82) is 0 Å². The highest BCUT2D eigenvalue weighted by atomic mass is 32.2. The summed E-state index contributed by atoms with van der Waals surface area (Å²) in [5, 5.41) is -0.757. The molecule has 0 radical (unpaired) electrons. The maximum absolute atomic E-state index is 13.0. The van der Waals surface area contributed by atoms with Gasteiger partial charge < -0.3 is 0 Å². The largest absolute Gasteiger partial charge is 0.292 e. The highest BCUT2D eigenvalue weighted by Crippen LogP contribution is 2.42. The molecule has 1 aromatic rings. The van der Waals surface area contributed by atoms with Crippen molar-refractivity contribution in [3.8, 4) is 0 Å². The minimum absolute atomic E-state index is 0.144. The first-order valence-electron chi connectivity index (χ1n) is 6.78. The first kappa shape index (κ1) is 13.7. The van der Waals surface area contributed by atoms with Gasteiger partial charge in [-0.05, 0) is 44.2 Å². The van der Waals surface area contributed by atoms with Gasteiger partial charge in [0.2, 0.25) is 0 Å². The van der Waals surface area contributed by atoms with Gasteiger partial charge in [0.05, 0.1) is 16.7 Å². The maximum atomic E-state index is 13.0. The molecule has 4 nitrogen and oxygen atoms in total. The third-order valence-corrected chi connectivity index (χ3v) is 7.20. The Kier molecular flexibility index (Phi) is 3.16. The van der Waals surface area contributed by atoms with Gasteiger partial charge in [-0.1, -0.05) is 0 Å². The van der Waals surface area contributed by atoms with Crippen LogP contribution in [0.5, 0.6) is 0 Å². The van der Waals surface area contributed by atoms with Crippen LogP contribution in [0.3, 0.4) is 0 Å². The van der Waals surface area contributed by atoms with Crippen LogP contribution in [0.2, 0.25) is 0 Å². The Morgan fingerprint density at radius 3 is 2.45 bits per heavy atom. The lowest BCUT2D eigenvalue weighted by molar-refractivity contribution is 0.0899. The lowest BCUT2D eigenvalue weighted by Crippen LogP contribution is -2.36. The van der Waals surface area contributed by atoms with Crippen molar-refractivity contribution in [2.45, 2.75) is 43.1 Å². The van der Waals surface area contributed by atoms with Gasteiger partial charge >= 0.3 is 0 Å². The zero-order chi connectivity index (χ0) is 14.5. The monoisotopic (exact) mass is 297 g/mol. The summed E-state index contributed by atoms with van der Waals surface area (Å²) in [6.45, 7) is 1.65. The summed E-state index contributed by atoms with van der Waals surface area (Å²) in [5.74, 6) is -0.910. The fourth-order valence-electron chi connectivity index (χ4n) is 3.41. The van der Waals surface area contributed by atoms with Gasteiger partial charge in [0.1, 0.15) is 11.5 Å². The third-order valence-electron chi connectivity index (χ3n) is 4.48. The second kappa shape index (κ2) is 4.62. The van der Waals surface area contributed by atoms with Crippen LogP contribution in [0.4, 0.5) is 4.39 Å². The molecular formula is C14H16FNO3S. The number of aromatic nitrogens is 1. The predicted octanol–water partition coefficient (Wildman–Crippen LogP) is 2.07. The summed E-state index contributed by atoms with van der Waals surface area (Å²) in [6, 6.07) is 1.29. The molecule has 2 saturated heterocycles. The summed E-state index contributed by atoms with van der Waals surface area (Å²) in [4.78, 5) is 16.4. The first-order valence-corrected chi connectivity index (χ1v) is 8.39. The minimum Gasteiger partial charge on any atom is -0.292 e. The molecule has 108 valence electrons. The van der Waals surface area contributed by atoms with Gasteiger partial charge in [0.15, 0.2) is 15.6 Å². The van der Waals surface area contributed by atoms with E-state index < -0.39 is 15.7 Å². The highest BCUT2D eigenvalue weighted by Gasteiger charge is 2.48. The summed E-state index contributed by atoms with van der Waals surface area (Å²) in [5.41, 5.74) is 0.783. The smallest absolute Gasteiger partial charge is 0.184 e. The number of sulfone groups is 1. The zero-order valence-electron chi connectivity index (χ0n) is 11.2. The number of Topliss-reactive ketones (excluding diaryl/α,β-unsaturated/α-hetero) is 1. The normalized spacial score (nSPS) is 31.2. The lowest BCUT2D eigenvalue weighted by Gasteiger charge is -2.26. The number of nitrogens with zero attached hydrogens (tertiary/aromatic N) is 1. The van der Waals surface area contributed by atoms with Crippen LogP contribution in [-0.2, 0) is 9.84 Å². The summed E-state index contributed by atoms with van der Waals surface area (Å²) < 4.78 is 37.1. The van der Waals surface area contributed by atoms with E-state index in [1.165, 1.54) is 6.07 Å². The number of aryl methyl sites for hydroxylation is 1. The van der Waals surface area contributed by atoms with E-state index in [1.54, 1.807) is 6.92 Å². The van der Waals surface area contributed by atoms with E-state index in [-0.39, 0.29) is 27.9 Å². The Hall–Kier alpha value is -1.30. The summed E-state index contributed by atoms with van der Waals surface area (Å²) in [7, 11) is -3.03. The number of fused-ring (bicyclic) bond motifs is 2. The van der Waals surface area contributed by atoms with Crippen LogP contribution >= 0.6 is 0 Å². The van der Waals surface area contributed by atoms with E-state index in [4.69, 9.17) is 0 Å². The number of carbonyl (C=O) groups is 1. The number of pyridine rings is 1. The number of hydrogen-bond donors (Lipinski definition) is 0. The Labute approximate surface area is 117 Å². The lowest BCUT2D eigenvalue weighted by atomic mass is 9.91. The molecule has 2 atom stereocenters. The fraction of sp³-hybridized carbons (Fsp3) is 0.571. The van der Waals surface area contributed by atoms with Gasteiger partial charge in [-0.3, -0.25) is 4.79 Å². The molecule has 0 saturated carbocycles. The quantitative estimate of drug-likeness (QED) is 0.784. The molecule has 20 heavy (non-hydrogen) atoms. The van der Waals surface area contributed by atoms with Gasteiger partial charge in [0.25, 0.3) is 0 Å². The van der Waals surface area contributed by atoms with Crippen LogP contribution in [0.1, 0.15) is 41.7 Å². The molecule has 0 spiro atoms. The van der Waals surface area contributed by atoms with Crippen molar-refractivity contribution in [3.63, 3.8) is 0 Å². The Morgan fingerprint density at radius 2 is 1.90 bits per heavy atom. The van der Waals surface area contributed by atoms with Crippen LogP contribution in [0.25, 0.3) is 0 Å². The summed E-state index contributed by atoms with van der Waals surface area (Å²) in [6.07, 6.45) is 3.12. The molecule has 0 N–H and O–H groups in total. The summed E-state index contributed by atoms with van der Waals surface area (Å²) >= 11 is 0. The molecule has 3 heterocycles. The van der Waals surface area contributed by atoms with Crippen LogP contribution < -0.4 is 0 Å². The van der Waals surface area contributed by atoms with Gasteiger partial charge in [-0.15, -0.1) is 0 Å². The topological polar surface area (TPSA) is 64.1 Å². The number of carbonyl (C=O) groups excluding carboxylic acids is 1. The molecule has 0 aromatic carbocycles. The molecule has 3 rings (SSSR count). The van der Waals surface area contributed by atoms with Crippen molar-refractivity contribution in [2.24, 2.45) is 5.92 Å². The molecule has 2 unspecified atom stereocenters. The maximum Gasteiger partial charge on any atom is 0.184 e. The first-order chi connectivity index (χ1) is 9.39. The Morgan fingerprint density at radius 1 is 1.30 bits per heavy atom. The van der Waals surface area contributed by atoms with E-state index >= 15 is 0 Å². The minimum atomic E-state index is -3.03. The molecule has 2 aliphatic rings. The molecule has 6 heteroatoms. The Balaban J connectivity index is 1.86. The predicted molar refractivity (Wildman–Crippen MR) is 71.7 cm³/mol. The third kappa shape index (κ3) is 2.06. The molecule has 1 aromatic heterocycles. The molecule has 2 fully saturated rings. The van der Waals surface area contributed by atoms with E-state index in [2.05, 4.69) is 4.98 Å². The van der Waals surface area contributed by atoms with E-state index in [0.717, 1.165) is 6.20 Å². The van der Waals surface area contributed by atoms with Gasteiger partial charge in [0, 0.05) is 5.92 Å². The number of halogens is 1. The van der Waals surface area contributed by atoms with Crippen molar-refractivity contribution < 1.29 is 17.6 Å². The number of rotatable bonds is 2. The van der Waals surface area contributed by atoms with Crippen molar-refractivity contribution in [1.82, 2.24) is 4.98 Å². The highest BCUT2D eigenvalue weighted by molar-refractivity contribution is 7.93. The standard InChI is InChI=1S/C14H16FNO3S/c1-8-4-10(15)7-16-13(8)14(17)9-5-11-2-3-12(6-9)20(11,18)19/h4,7,9,11-12H,2-3,5-6H2,1H3. The fourth-order valence-corrected chi connectivity index (χ4v) is 5.89. The van der Waals surface area contributed by atoms with Crippen LogP contribution in [0.15, 0.2) is 12.3 Å². The average Bonchev–Trinajstić information content (AvgIpc) is 2.57. The number of ketones is 1. The van der Waals surface area contributed by atoms with Crippen molar-refractivity contribution in [3.05, 3.63) is 29.3 Å². The molecule has 2 aliphatic heterocycles. The molecule has 0 aliphatic carbocycles. The second-order valence-corrected chi connectivity index (χ2v) is 8.27. The van der Waals surface area contributed by atoms with Gasteiger partial charge in [-0.25, -0.2) is 17.8 Å². The molecular weight excluding hydrogens is 281 g/mol.